The smallest absolute Gasteiger partial charge is 0.137 e. The van der Waals surface area contributed by atoms with Crippen molar-refractivity contribution < 1.29 is 4.74 Å². The maximum atomic E-state index is 6.23. The van der Waals surface area contributed by atoms with Crippen LogP contribution in [0.3, 0.4) is 0 Å². The summed E-state index contributed by atoms with van der Waals surface area (Å²) in [5.74, 6) is 0.799. The van der Waals surface area contributed by atoms with E-state index in [0.29, 0.717) is 0 Å². The molecule has 0 aliphatic rings. The maximum Gasteiger partial charge on any atom is 0.137 e. The summed E-state index contributed by atoms with van der Waals surface area (Å²) in [5.41, 5.74) is 1.24. The molecule has 0 radical (unpaired) electrons. The van der Waals surface area contributed by atoms with Crippen LogP contribution in [0.4, 0.5) is 0 Å². The summed E-state index contributed by atoms with van der Waals surface area (Å²) in [6, 6.07) is 6.10. The number of halogens is 2. The number of ether oxygens (including phenoxy) is 1. The standard InChI is InChI=1S/C15H24ClNO.ClH/c1-4-7-10-18-15-9-8-13(11-14(15)16)12-17(5-2)6-3;/h8-9,11H,4-7,10,12H2,1-3H3;1H. The van der Waals surface area contributed by atoms with Crippen LogP contribution >= 0.6 is 24.0 Å². The molecule has 0 saturated carbocycles. The lowest BCUT2D eigenvalue weighted by Crippen LogP contribution is -2.22. The Morgan fingerprint density at radius 3 is 2.37 bits per heavy atom. The van der Waals surface area contributed by atoms with Crippen molar-refractivity contribution in [3.8, 4) is 5.75 Å². The highest BCUT2D eigenvalue weighted by Crippen LogP contribution is 2.26. The van der Waals surface area contributed by atoms with Crippen LogP contribution in [0.15, 0.2) is 18.2 Å². The number of hydrogen-bond acceptors (Lipinski definition) is 2. The molecule has 0 amide bonds. The van der Waals surface area contributed by atoms with Gasteiger partial charge in [-0.05, 0) is 37.2 Å². The van der Waals surface area contributed by atoms with E-state index in [1.165, 1.54) is 5.56 Å². The minimum absolute atomic E-state index is 0. The zero-order valence-corrected chi connectivity index (χ0v) is 13.7. The molecule has 0 atom stereocenters. The zero-order chi connectivity index (χ0) is 13.4. The van der Waals surface area contributed by atoms with Crippen molar-refractivity contribution in [1.29, 1.82) is 0 Å². The minimum atomic E-state index is 0. The van der Waals surface area contributed by atoms with Gasteiger partial charge in [0.2, 0.25) is 0 Å². The van der Waals surface area contributed by atoms with Crippen molar-refractivity contribution >= 4 is 24.0 Å². The fraction of sp³-hybridized carbons (Fsp3) is 0.600. The molecule has 1 rings (SSSR count). The molecule has 2 nitrogen and oxygen atoms in total. The van der Waals surface area contributed by atoms with Gasteiger partial charge in [0.25, 0.3) is 0 Å². The van der Waals surface area contributed by atoms with E-state index in [2.05, 4.69) is 31.7 Å². The maximum absolute atomic E-state index is 6.23. The molecule has 0 N–H and O–H groups in total. The summed E-state index contributed by atoms with van der Waals surface area (Å²) in [7, 11) is 0. The molecule has 4 heteroatoms. The van der Waals surface area contributed by atoms with E-state index in [-0.39, 0.29) is 12.4 Å². The molecular weight excluding hydrogens is 281 g/mol. The van der Waals surface area contributed by atoms with Crippen molar-refractivity contribution in [1.82, 2.24) is 4.90 Å². The lowest BCUT2D eigenvalue weighted by atomic mass is 10.2. The van der Waals surface area contributed by atoms with E-state index in [1.54, 1.807) is 0 Å². The molecule has 0 spiro atoms. The second kappa shape index (κ2) is 10.4. The third kappa shape index (κ3) is 6.51. The normalized spacial score (nSPS) is 10.4. The number of benzene rings is 1. The van der Waals surface area contributed by atoms with E-state index < -0.39 is 0 Å². The summed E-state index contributed by atoms with van der Waals surface area (Å²) >= 11 is 6.23. The lowest BCUT2D eigenvalue weighted by Gasteiger charge is -2.18. The van der Waals surface area contributed by atoms with Crippen LogP contribution in [0.2, 0.25) is 5.02 Å². The predicted octanol–water partition coefficient (Wildman–Crippen LogP) is 4.78. The molecule has 1 aromatic rings. The second-order valence-electron chi connectivity index (χ2n) is 4.43. The highest BCUT2D eigenvalue weighted by atomic mass is 35.5. The fourth-order valence-electron chi connectivity index (χ4n) is 1.79. The first-order valence-electron chi connectivity index (χ1n) is 6.84. The Balaban J connectivity index is 0.00000324. The Hall–Kier alpha value is -0.440. The summed E-state index contributed by atoms with van der Waals surface area (Å²) < 4.78 is 5.64. The molecule has 0 fully saturated rings. The third-order valence-corrected chi connectivity index (χ3v) is 3.35. The van der Waals surface area contributed by atoms with Gasteiger partial charge in [0.1, 0.15) is 5.75 Å². The van der Waals surface area contributed by atoms with E-state index in [1.807, 2.05) is 12.1 Å². The van der Waals surface area contributed by atoms with Gasteiger partial charge in [-0.15, -0.1) is 12.4 Å². The predicted molar refractivity (Wildman–Crippen MR) is 85.7 cm³/mol. The fourth-order valence-corrected chi connectivity index (χ4v) is 2.05. The summed E-state index contributed by atoms with van der Waals surface area (Å²) in [5, 5.41) is 0.718. The lowest BCUT2D eigenvalue weighted by molar-refractivity contribution is 0.294. The summed E-state index contributed by atoms with van der Waals surface area (Å²) in [6.07, 6.45) is 2.20. The summed E-state index contributed by atoms with van der Waals surface area (Å²) in [6.45, 7) is 10.3. The largest absolute Gasteiger partial charge is 0.492 e. The first-order valence-corrected chi connectivity index (χ1v) is 7.22. The quantitative estimate of drug-likeness (QED) is 0.641. The molecule has 0 unspecified atom stereocenters. The van der Waals surface area contributed by atoms with Crippen LogP contribution in [0.1, 0.15) is 39.2 Å². The molecule has 1 aromatic carbocycles. The zero-order valence-electron chi connectivity index (χ0n) is 12.1. The highest BCUT2D eigenvalue weighted by molar-refractivity contribution is 6.32. The van der Waals surface area contributed by atoms with Crippen LogP contribution < -0.4 is 4.74 Å². The van der Waals surface area contributed by atoms with Crippen molar-refractivity contribution in [3.63, 3.8) is 0 Å². The van der Waals surface area contributed by atoms with Crippen molar-refractivity contribution in [2.75, 3.05) is 19.7 Å². The molecule has 0 heterocycles. The molecule has 0 saturated heterocycles. The van der Waals surface area contributed by atoms with Crippen LogP contribution in [0, 0.1) is 0 Å². The van der Waals surface area contributed by atoms with Crippen LogP contribution in [-0.2, 0) is 6.54 Å². The van der Waals surface area contributed by atoms with Crippen molar-refractivity contribution in [2.24, 2.45) is 0 Å². The van der Waals surface area contributed by atoms with Gasteiger partial charge in [-0.25, -0.2) is 0 Å². The van der Waals surface area contributed by atoms with E-state index in [4.69, 9.17) is 16.3 Å². The Morgan fingerprint density at radius 1 is 1.16 bits per heavy atom. The first kappa shape index (κ1) is 18.6. The summed E-state index contributed by atoms with van der Waals surface area (Å²) in [4.78, 5) is 2.36. The van der Waals surface area contributed by atoms with E-state index in [9.17, 15) is 0 Å². The molecule has 0 bridgehead atoms. The molecule has 110 valence electrons. The van der Waals surface area contributed by atoms with Crippen LogP contribution in [0.5, 0.6) is 5.75 Å². The van der Waals surface area contributed by atoms with Crippen LogP contribution in [0.25, 0.3) is 0 Å². The monoisotopic (exact) mass is 305 g/mol. The first-order chi connectivity index (χ1) is 8.71. The Bertz CT molecular complexity index is 354. The van der Waals surface area contributed by atoms with Gasteiger partial charge in [-0.3, -0.25) is 4.90 Å². The van der Waals surface area contributed by atoms with Crippen LogP contribution in [-0.4, -0.2) is 24.6 Å². The molecule has 19 heavy (non-hydrogen) atoms. The average molecular weight is 306 g/mol. The van der Waals surface area contributed by atoms with Gasteiger partial charge in [0, 0.05) is 6.54 Å². The number of hydrogen-bond donors (Lipinski definition) is 0. The highest BCUT2D eigenvalue weighted by Gasteiger charge is 2.05. The minimum Gasteiger partial charge on any atom is -0.492 e. The average Bonchev–Trinajstić information content (AvgIpc) is 2.38. The van der Waals surface area contributed by atoms with E-state index >= 15 is 0 Å². The molecule has 0 aliphatic carbocycles. The van der Waals surface area contributed by atoms with Gasteiger partial charge < -0.3 is 4.74 Å². The Labute approximate surface area is 128 Å². The van der Waals surface area contributed by atoms with Crippen molar-refractivity contribution in [2.45, 2.75) is 40.2 Å². The number of unbranched alkanes of at least 4 members (excludes halogenated alkanes) is 1. The van der Waals surface area contributed by atoms with E-state index in [0.717, 1.165) is 49.9 Å². The Morgan fingerprint density at radius 2 is 1.84 bits per heavy atom. The molecule has 0 aromatic heterocycles. The molecular formula is C15H25Cl2NO. The van der Waals surface area contributed by atoms with Gasteiger partial charge in [-0.1, -0.05) is 44.9 Å². The third-order valence-electron chi connectivity index (χ3n) is 3.05. The Kier molecular flexibility index (Phi) is 10.1. The van der Waals surface area contributed by atoms with Gasteiger partial charge in [0.05, 0.1) is 11.6 Å². The van der Waals surface area contributed by atoms with Crippen molar-refractivity contribution in [3.05, 3.63) is 28.8 Å². The van der Waals surface area contributed by atoms with Gasteiger partial charge in [0.15, 0.2) is 0 Å². The number of nitrogens with zero attached hydrogens (tertiary/aromatic N) is 1. The topological polar surface area (TPSA) is 12.5 Å². The number of rotatable bonds is 8. The second-order valence-corrected chi connectivity index (χ2v) is 4.84. The SMILES string of the molecule is CCCCOc1ccc(CN(CC)CC)cc1Cl.Cl. The van der Waals surface area contributed by atoms with Gasteiger partial charge >= 0.3 is 0 Å². The molecule has 0 aliphatic heterocycles. The van der Waals surface area contributed by atoms with Gasteiger partial charge in [-0.2, -0.15) is 0 Å².